The van der Waals surface area contributed by atoms with Crippen LogP contribution in [0.4, 0.5) is 0 Å². The van der Waals surface area contributed by atoms with Crippen LogP contribution >= 0.6 is 0 Å². The van der Waals surface area contributed by atoms with Gasteiger partial charge in [-0.15, -0.1) is 0 Å². The van der Waals surface area contributed by atoms with E-state index < -0.39 is 10.8 Å². The van der Waals surface area contributed by atoms with Gasteiger partial charge in [-0.25, -0.2) is 9.67 Å². The third kappa shape index (κ3) is 5.67. The molecule has 3 rings (SSSR count). The topological polar surface area (TPSA) is 71.3 Å². The molecule has 1 saturated carbocycles. The molecule has 28 heavy (non-hydrogen) atoms. The van der Waals surface area contributed by atoms with E-state index >= 15 is 0 Å². The maximum Gasteiger partial charge on any atom is 0.191 e. The molecule has 3 atom stereocenters. The second-order valence-corrected chi connectivity index (χ2v) is 9.13. The number of hydrogen-bond acceptors (Lipinski definition) is 3. The second kappa shape index (κ2) is 10.4. The molecule has 0 bridgehead atoms. The number of nitrogens with one attached hydrogen (secondary N) is 2. The Morgan fingerprint density at radius 2 is 2.11 bits per heavy atom. The number of nitrogens with zero attached hydrogens (tertiary/aromatic N) is 3. The Hall–Kier alpha value is -2.15. The van der Waals surface area contributed by atoms with E-state index in [0.717, 1.165) is 55.2 Å². The summed E-state index contributed by atoms with van der Waals surface area (Å²) in [6, 6.07) is 10.4. The average Bonchev–Trinajstić information content (AvgIpc) is 3.21. The number of rotatable bonds is 7. The highest BCUT2D eigenvalue weighted by Crippen LogP contribution is 2.23. The largest absolute Gasteiger partial charge is 0.357 e. The third-order valence-corrected chi connectivity index (χ3v) is 6.78. The van der Waals surface area contributed by atoms with Crippen LogP contribution in [-0.4, -0.2) is 43.5 Å². The highest BCUT2D eigenvalue weighted by Gasteiger charge is 2.26. The minimum atomic E-state index is -0.713. The Bertz CT molecular complexity index is 789. The Morgan fingerprint density at radius 3 is 2.86 bits per heavy atom. The number of aliphatic imine (C=N–C) groups is 1. The van der Waals surface area contributed by atoms with Crippen LogP contribution in [0.2, 0.25) is 0 Å². The summed E-state index contributed by atoms with van der Waals surface area (Å²) < 4.78 is 14.1. The van der Waals surface area contributed by atoms with E-state index in [4.69, 9.17) is 4.99 Å². The van der Waals surface area contributed by atoms with E-state index in [9.17, 15) is 4.21 Å². The molecule has 7 heteroatoms. The van der Waals surface area contributed by atoms with Crippen LogP contribution in [0.15, 0.2) is 47.7 Å². The van der Waals surface area contributed by atoms with Crippen molar-refractivity contribution in [1.82, 2.24) is 20.4 Å². The molecule has 1 aromatic heterocycles. The van der Waals surface area contributed by atoms with E-state index in [0.29, 0.717) is 17.8 Å². The summed E-state index contributed by atoms with van der Waals surface area (Å²) >= 11 is 0. The van der Waals surface area contributed by atoms with E-state index in [1.807, 2.05) is 54.3 Å². The molecule has 0 spiro atoms. The molecule has 0 aliphatic heterocycles. The van der Waals surface area contributed by atoms with Crippen molar-refractivity contribution in [1.29, 1.82) is 0 Å². The van der Waals surface area contributed by atoms with Gasteiger partial charge in [-0.1, -0.05) is 31.5 Å². The maximum atomic E-state index is 12.2. The summed E-state index contributed by atoms with van der Waals surface area (Å²) in [5.41, 5.74) is 2.11. The fourth-order valence-corrected chi connectivity index (χ4v) is 4.95. The Morgan fingerprint density at radius 1 is 1.29 bits per heavy atom. The standard InChI is InChI=1S/C21H31N5OS/c1-3-22-21(25-18-9-8-12-20(13-18)28(27)4-2)23-14-17-15-24-26(16-17)19-10-6-5-7-11-19/h5-7,10-11,15-16,18,20H,3-4,8-9,12-14H2,1-2H3,(H2,22,23,25). The zero-order chi connectivity index (χ0) is 19.8. The molecule has 1 aliphatic rings. The van der Waals surface area contributed by atoms with Gasteiger partial charge in [0.2, 0.25) is 0 Å². The summed E-state index contributed by atoms with van der Waals surface area (Å²) in [7, 11) is -0.713. The molecule has 1 aliphatic carbocycles. The summed E-state index contributed by atoms with van der Waals surface area (Å²) in [6.07, 6.45) is 8.14. The van der Waals surface area contributed by atoms with E-state index in [1.54, 1.807) is 0 Å². The van der Waals surface area contributed by atoms with Crippen LogP contribution in [0.1, 0.15) is 45.1 Å². The van der Waals surface area contributed by atoms with E-state index in [1.165, 1.54) is 0 Å². The van der Waals surface area contributed by atoms with Crippen LogP contribution in [0.3, 0.4) is 0 Å². The van der Waals surface area contributed by atoms with Crippen molar-refractivity contribution in [3.05, 3.63) is 48.3 Å². The van der Waals surface area contributed by atoms with Crippen LogP contribution < -0.4 is 10.6 Å². The first-order valence-corrected chi connectivity index (χ1v) is 11.6. The molecule has 0 radical (unpaired) electrons. The van der Waals surface area contributed by atoms with Gasteiger partial charge >= 0.3 is 0 Å². The number of para-hydroxylation sites is 1. The SMILES string of the molecule is CCNC(=NCc1cnn(-c2ccccc2)c1)NC1CCCC(S(=O)CC)C1. The van der Waals surface area contributed by atoms with Crippen LogP contribution in [0.5, 0.6) is 0 Å². The predicted molar refractivity (Wildman–Crippen MR) is 116 cm³/mol. The Labute approximate surface area is 170 Å². The number of guanidine groups is 1. The predicted octanol–water partition coefficient (Wildman–Crippen LogP) is 3.01. The normalized spacial score (nSPS) is 21.3. The van der Waals surface area contributed by atoms with Crippen molar-refractivity contribution in [3.63, 3.8) is 0 Å². The zero-order valence-electron chi connectivity index (χ0n) is 16.8. The van der Waals surface area contributed by atoms with Crippen molar-refractivity contribution >= 4 is 16.8 Å². The molecule has 0 amide bonds. The highest BCUT2D eigenvalue weighted by atomic mass is 32.2. The van der Waals surface area contributed by atoms with Gasteiger partial charge in [0.1, 0.15) is 0 Å². The lowest BCUT2D eigenvalue weighted by molar-refractivity contribution is 0.413. The highest BCUT2D eigenvalue weighted by molar-refractivity contribution is 7.85. The van der Waals surface area contributed by atoms with Crippen LogP contribution in [0, 0.1) is 0 Å². The summed E-state index contributed by atoms with van der Waals surface area (Å²) in [4.78, 5) is 4.74. The second-order valence-electron chi connectivity index (χ2n) is 7.12. The van der Waals surface area contributed by atoms with Crippen molar-refractivity contribution in [2.75, 3.05) is 12.3 Å². The minimum absolute atomic E-state index is 0.309. The number of hydrogen-bond donors (Lipinski definition) is 2. The van der Waals surface area contributed by atoms with E-state index in [2.05, 4.69) is 22.7 Å². The molecule has 0 saturated heterocycles. The lowest BCUT2D eigenvalue weighted by Gasteiger charge is -2.30. The van der Waals surface area contributed by atoms with Gasteiger partial charge in [-0.3, -0.25) is 4.21 Å². The molecular formula is C21H31N5OS. The smallest absolute Gasteiger partial charge is 0.191 e. The van der Waals surface area contributed by atoms with E-state index in [-0.39, 0.29) is 0 Å². The molecule has 2 aromatic rings. The quantitative estimate of drug-likeness (QED) is 0.553. The molecular weight excluding hydrogens is 370 g/mol. The van der Waals surface area contributed by atoms with Gasteiger partial charge in [-0.05, 0) is 38.3 Å². The summed E-state index contributed by atoms with van der Waals surface area (Å²) in [5, 5.41) is 11.6. The first-order chi connectivity index (χ1) is 13.7. The summed E-state index contributed by atoms with van der Waals surface area (Å²) in [5.74, 6) is 1.57. The fraction of sp³-hybridized carbons (Fsp3) is 0.524. The molecule has 1 fully saturated rings. The first-order valence-electron chi connectivity index (χ1n) is 10.2. The lowest BCUT2D eigenvalue weighted by Crippen LogP contribution is -2.46. The van der Waals surface area contributed by atoms with Gasteiger partial charge in [0.05, 0.1) is 18.4 Å². The van der Waals surface area contributed by atoms with Gasteiger partial charge in [0.15, 0.2) is 5.96 Å². The molecule has 152 valence electrons. The van der Waals surface area contributed by atoms with Gasteiger partial charge in [0, 0.05) is 46.1 Å². The molecule has 2 N–H and O–H groups in total. The van der Waals surface area contributed by atoms with Crippen LogP contribution in [0.25, 0.3) is 5.69 Å². The number of aromatic nitrogens is 2. The Kier molecular flexibility index (Phi) is 7.65. The molecule has 1 aromatic carbocycles. The first kappa shape index (κ1) is 20.6. The fourth-order valence-electron chi connectivity index (χ4n) is 3.60. The molecule has 1 heterocycles. The van der Waals surface area contributed by atoms with Gasteiger partial charge in [0.25, 0.3) is 0 Å². The van der Waals surface area contributed by atoms with Crippen LogP contribution in [-0.2, 0) is 17.3 Å². The minimum Gasteiger partial charge on any atom is -0.357 e. The average molecular weight is 402 g/mol. The Balaban J connectivity index is 1.61. The van der Waals surface area contributed by atoms with Crippen molar-refractivity contribution in [3.8, 4) is 5.69 Å². The summed E-state index contributed by atoms with van der Waals surface area (Å²) in [6.45, 7) is 5.46. The maximum absolute atomic E-state index is 12.2. The number of benzene rings is 1. The third-order valence-electron chi connectivity index (χ3n) is 5.04. The van der Waals surface area contributed by atoms with Crippen molar-refractivity contribution < 1.29 is 4.21 Å². The van der Waals surface area contributed by atoms with Gasteiger partial charge in [-0.2, -0.15) is 5.10 Å². The van der Waals surface area contributed by atoms with Crippen molar-refractivity contribution in [2.24, 2.45) is 4.99 Å². The van der Waals surface area contributed by atoms with Gasteiger partial charge < -0.3 is 10.6 Å². The lowest BCUT2D eigenvalue weighted by atomic mass is 9.95. The monoisotopic (exact) mass is 401 g/mol. The molecule has 3 unspecified atom stereocenters. The van der Waals surface area contributed by atoms with Crippen molar-refractivity contribution in [2.45, 2.75) is 57.4 Å². The molecule has 6 nitrogen and oxygen atoms in total. The zero-order valence-corrected chi connectivity index (χ0v) is 17.6.